The van der Waals surface area contributed by atoms with Crippen LogP contribution in [0.25, 0.3) is 5.69 Å². The summed E-state index contributed by atoms with van der Waals surface area (Å²) in [4.78, 5) is 26.7. The first-order valence-electron chi connectivity index (χ1n) is 9.83. The molecule has 0 bridgehead atoms. The molecule has 9 heteroatoms. The fraction of sp³-hybridized carbons (Fsp3) is 0.273. The van der Waals surface area contributed by atoms with Crippen molar-refractivity contribution >= 4 is 12.1 Å². The lowest BCUT2D eigenvalue weighted by atomic mass is 10.1. The summed E-state index contributed by atoms with van der Waals surface area (Å²) >= 11 is 0. The molecule has 31 heavy (non-hydrogen) atoms. The van der Waals surface area contributed by atoms with E-state index in [0.717, 1.165) is 5.56 Å². The largest absolute Gasteiger partial charge is 0.388 e. The predicted molar refractivity (Wildman–Crippen MR) is 114 cm³/mol. The van der Waals surface area contributed by atoms with Gasteiger partial charge >= 0.3 is 0 Å². The number of hydrogen-bond acceptors (Lipinski definition) is 7. The zero-order chi connectivity index (χ0) is 22.1. The van der Waals surface area contributed by atoms with Gasteiger partial charge in [0.25, 0.3) is 5.56 Å². The van der Waals surface area contributed by atoms with Crippen LogP contribution in [0.4, 0.5) is 4.39 Å². The van der Waals surface area contributed by atoms with Crippen LogP contribution in [0.2, 0.25) is 0 Å². The van der Waals surface area contributed by atoms with Gasteiger partial charge in [0.2, 0.25) is 0 Å². The van der Waals surface area contributed by atoms with Crippen molar-refractivity contribution in [2.45, 2.75) is 32.0 Å². The van der Waals surface area contributed by atoms with Gasteiger partial charge in [0.05, 0.1) is 11.4 Å². The third-order valence-electron chi connectivity index (χ3n) is 4.54. The second-order valence-electron chi connectivity index (χ2n) is 6.79. The molecule has 2 aromatic rings. The van der Waals surface area contributed by atoms with Crippen molar-refractivity contribution in [3.8, 4) is 5.69 Å². The first-order chi connectivity index (χ1) is 15.0. The number of hydrogen-bond donors (Lipinski definition) is 2. The van der Waals surface area contributed by atoms with Gasteiger partial charge < -0.3 is 15.1 Å². The van der Waals surface area contributed by atoms with Crippen LogP contribution in [0, 0.1) is 5.82 Å². The summed E-state index contributed by atoms with van der Waals surface area (Å²) in [6.45, 7) is 0.205. The highest BCUT2D eigenvalue weighted by molar-refractivity contribution is 6.05. The van der Waals surface area contributed by atoms with Gasteiger partial charge in [-0.1, -0.05) is 17.3 Å². The number of aliphatic imine (C=N–C) groups is 1. The van der Waals surface area contributed by atoms with Gasteiger partial charge in [-0.25, -0.2) is 14.4 Å². The van der Waals surface area contributed by atoms with Crippen LogP contribution >= 0.6 is 0 Å². The van der Waals surface area contributed by atoms with Crippen molar-refractivity contribution < 1.29 is 19.4 Å². The third kappa shape index (κ3) is 6.53. The average Bonchev–Trinajstić information content (AvgIpc) is 2.77. The standard InChI is InChI=1S/C22H23FN4O4/c23-17-8-10-18(11-9-17)27-20(5-1-2-7-22(29)30)24-13-12-16(4-3-6-21(27)28)19-14-31-26-15-25-19/h3-4,6,8-13,15,22,29-30H,1-2,5,7,14H2. The van der Waals surface area contributed by atoms with Crippen molar-refractivity contribution in [3.63, 3.8) is 0 Å². The van der Waals surface area contributed by atoms with Gasteiger partial charge in [-0.2, -0.15) is 0 Å². The molecule has 2 heterocycles. The summed E-state index contributed by atoms with van der Waals surface area (Å²) in [6, 6.07) is 12.1. The number of unbranched alkanes of at least 4 members (excludes halogenated alkanes) is 1. The van der Waals surface area contributed by atoms with Gasteiger partial charge in [-0.05, 0) is 49.6 Å². The lowest BCUT2D eigenvalue weighted by Crippen LogP contribution is -2.20. The average molecular weight is 426 g/mol. The molecule has 8 nitrogen and oxygen atoms in total. The molecule has 162 valence electrons. The molecule has 3 rings (SSSR count). The molecule has 1 aromatic carbocycles. The highest BCUT2D eigenvalue weighted by Crippen LogP contribution is 2.11. The number of aliphatic hydroxyl groups is 2. The monoisotopic (exact) mass is 426 g/mol. The molecule has 0 amide bonds. The predicted octanol–water partition coefficient (Wildman–Crippen LogP) is 2.28. The van der Waals surface area contributed by atoms with Crippen molar-refractivity contribution in [2.24, 2.45) is 10.1 Å². The van der Waals surface area contributed by atoms with Crippen molar-refractivity contribution in [3.05, 3.63) is 82.3 Å². The van der Waals surface area contributed by atoms with Crippen LogP contribution in [0.5, 0.6) is 0 Å². The Morgan fingerprint density at radius 3 is 2.61 bits per heavy atom. The lowest BCUT2D eigenvalue weighted by Gasteiger charge is -2.11. The SMILES string of the molecule is O=c1cccc(C2=NC=NOC2)ccnc(CCCCC(O)O)n1-c1ccc(F)cc1. The highest BCUT2D eigenvalue weighted by Gasteiger charge is 2.08. The van der Waals surface area contributed by atoms with Crippen LogP contribution in [-0.2, 0) is 11.3 Å². The highest BCUT2D eigenvalue weighted by atomic mass is 19.1. The Morgan fingerprint density at radius 1 is 1.10 bits per heavy atom. The first-order valence-corrected chi connectivity index (χ1v) is 9.83. The van der Waals surface area contributed by atoms with Gasteiger partial charge in [0, 0.05) is 24.2 Å². The van der Waals surface area contributed by atoms with Crippen LogP contribution in [0.15, 0.2) is 69.7 Å². The molecule has 1 aromatic heterocycles. The summed E-state index contributed by atoms with van der Waals surface area (Å²) in [7, 11) is 0. The Labute approximate surface area is 178 Å². The number of benzene rings is 1. The Balaban J connectivity index is 2.07. The molecule has 0 saturated carbocycles. The van der Waals surface area contributed by atoms with E-state index < -0.39 is 12.1 Å². The molecular formula is C22H23FN4O4. The normalized spacial score (nSPS) is 12.8. The maximum Gasteiger partial charge on any atom is 0.256 e. The van der Waals surface area contributed by atoms with Gasteiger partial charge in [-0.3, -0.25) is 9.36 Å². The molecule has 0 fully saturated rings. The second kappa shape index (κ2) is 11.1. The number of rotatable bonds is 7. The summed E-state index contributed by atoms with van der Waals surface area (Å²) in [5, 5.41) is 21.7. The van der Waals surface area contributed by atoms with Gasteiger partial charge in [0.15, 0.2) is 19.2 Å². The molecule has 2 N–H and O–H groups in total. The van der Waals surface area contributed by atoms with Crippen LogP contribution in [0.1, 0.15) is 30.7 Å². The van der Waals surface area contributed by atoms with Crippen molar-refractivity contribution in [1.29, 1.82) is 0 Å². The Morgan fingerprint density at radius 2 is 1.90 bits per heavy atom. The summed E-state index contributed by atoms with van der Waals surface area (Å²) in [5.41, 5.74) is 1.50. The van der Waals surface area contributed by atoms with E-state index in [0.29, 0.717) is 36.5 Å². The molecule has 0 radical (unpaired) electrons. The first kappa shape index (κ1) is 22.3. The molecular weight excluding hydrogens is 403 g/mol. The molecule has 0 aliphatic carbocycles. The number of oxime groups is 1. The molecule has 0 saturated heterocycles. The van der Waals surface area contributed by atoms with Crippen LogP contribution in [-0.4, -0.2) is 44.7 Å². The summed E-state index contributed by atoms with van der Waals surface area (Å²) in [5.74, 6) is 0.0456. The maximum absolute atomic E-state index is 13.4. The van der Waals surface area contributed by atoms with E-state index in [9.17, 15) is 9.18 Å². The maximum atomic E-state index is 13.4. The van der Waals surface area contributed by atoms with Crippen LogP contribution < -0.4 is 5.56 Å². The molecule has 0 atom stereocenters. The number of aromatic nitrogens is 2. The minimum atomic E-state index is -1.38. The summed E-state index contributed by atoms with van der Waals surface area (Å²) in [6.07, 6.45) is 3.25. The van der Waals surface area contributed by atoms with E-state index in [1.807, 2.05) is 0 Å². The minimum absolute atomic E-state index is 0.205. The quantitative estimate of drug-likeness (QED) is 0.522. The Kier molecular flexibility index (Phi) is 7.97. The smallest absolute Gasteiger partial charge is 0.256 e. The van der Waals surface area contributed by atoms with Crippen molar-refractivity contribution in [2.75, 3.05) is 6.61 Å². The van der Waals surface area contributed by atoms with E-state index in [1.165, 1.54) is 41.2 Å². The molecule has 1 aliphatic heterocycles. The minimum Gasteiger partial charge on any atom is -0.388 e. The third-order valence-corrected chi connectivity index (χ3v) is 4.54. The van der Waals surface area contributed by atoms with E-state index >= 15 is 0 Å². The zero-order valence-corrected chi connectivity index (χ0v) is 16.8. The number of aryl methyl sites for hydroxylation is 1. The molecule has 1 aliphatic rings. The van der Waals surface area contributed by atoms with E-state index in [2.05, 4.69) is 15.1 Å². The van der Waals surface area contributed by atoms with Crippen LogP contribution in [0.3, 0.4) is 0 Å². The van der Waals surface area contributed by atoms with E-state index in [-0.39, 0.29) is 18.6 Å². The molecule has 0 unspecified atom stereocenters. The lowest BCUT2D eigenvalue weighted by molar-refractivity contribution is -0.0465. The topological polar surface area (TPSA) is 109 Å². The second-order valence-corrected chi connectivity index (χ2v) is 6.79. The molecule has 0 spiro atoms. The van der Waals surface area contributed by atoms with Gasteiger partial charge in [-0.15, -0.1) is 0 Å². The van der Waals surface area contributed by atoms with E-state index in [1.54, 1.807) is 24.4 Å². The van der Waals surface area contributed by atoms with E-state index in [4.69, 9.17) is 15.1 Å². The Hall–Kier alpha value is -3.43. The van der Waals surface area contributed by atoms with Gasteiger partial charge in [0.1, 0.15) is 11.6 Å². The fourth-order valence-electron chi connectivity index (χ4n) is 3.02. The zero-order valence-electron chi connectivity index (χ0n) is 16.8. The van der Waals surface area contributed by atoms with Crippen molar-refractivity contribution in [1.82, 2.24) is 9.55 Å². The fourth-order valence-corrected chi connectivity index (χ4v) is 3.02. The number of halogens is 1. The number of nitrogens with zero attached hydrogens (tertiary/aromatic N) is 4. The number of aliphatic hydroxyl groups excluding tert-OH is 1. The summed E-state index contributed by atoms with van der Waals surface area (Å²) < 4.78 is 14.8. The Bertz CT molecular complexity index is 1060.